The second-order valence-corrected chi connectivity index (χ2v) is 5.38. The maximum Gasteiger partial charge on any atom is 0.253 e. The van der Waals surface area contributed by atoms with Gasteiger partial charge in [0.25, 0.3) is 5.91 Å². The van der Waals surface area contributed by atoms with Crippen molar-refractivity contribution in [2.24, 2.45) is 5.41 Å². The van der Waals surface area contributed by atoms with E-state index in [4.69, 9.17) is 0 Å². The lowest BCUT2D eigenvalue weighted by Gasteiger charge is -2.34. The molecule has 0 aromatic carbocycles. The van der Waals surface area contributed by atoms with Crippen LogP contribution in [-0.2, 0) is 0 Å². The van der Waals surface area contributed by atoms with E-state index in [2.05, 4.69) is 22.5 Å². The maximum atomic E-state index is 12.1. The molecule has 0 bridgehead atoms. The number of hydrogen-bond acceptors (Lipinski definition) is 3. The summed E-state index contributed by atoms with van der Waals surface area (Å²) in [6.07, 6.45) is 3.93. The minimum absolute atomic E-state index is 0.0136. The summed E-state index contributed by atoms with van der Waals surface area (Å²) in [5, 5.41) is 6.39. The van der Waals surface area contributed by atoms with E-state index < -0.39 is 0 Å². The first-order valence-corrected chi connectivity index (χ1v) is 6.51. The molecule has 2 N–H and O–H groups in total. The van der Waals surface area contributed by atoms with Crippen molar-refractivity contribution in [3.63, 3.8) is 0 Å². The molecule has 2 heterocycles. The van der Waals surface area contributed by atoms with Crippen molar-refractivity contribution in [2.75, 3.05) is 19.6 Å². The van der Waals surface area contributed by atoms with Crippen molar-refractivity contribution in [3.8, 4) is 0 Å². The zero-order valence-electron chi connectivity index (χ0n) is 11.1. The Morgan fingerprint density at radius 2 is 2.22 bits per heavy atom. The zero-order valence-corrected chi connectivity index (χ0v) is 11.1. The third kappa shape index (κ3) is 3.07. The van der Waals surface area contributed by atoms with Crippen LogP contribution in [0.1, 0.15) is 35.8 Å². The molecule has 1 aliphatic rings. The minimum atomic E-state index is -0.0136. The van der Waals surface area contributed by atoms with Gasteiger partial charge in [-0.2, -0.15) is 0 Å². The fourth-order valence-electron chi connectivity index (χ4n) is 2.32. The highest BCUT2D eigenvalue weighted by molar-refractivity contribution is 5.95. The molecule has 98 valence electrons. The van der Waals surface area contributed by atoms with Crippen LogP contribution < -0.4 is 10.6 Å². The van der Waals surface area contributed by atoms with Crippen LogP contribution in [0.2, 0.25) is 0 Å². The second-order valence-electron chi connectivity index (χ2n) is 5.38. The van der Waals surface area contributed by atoms with Gasteiger partial charge >= 0.3 is 0 Å². The molecule has 0 atom stereocenters. The molecule has 1 amide bonds. The van der Waals surface area contributed by atoms with Crippen LogP contribution in [0.25, 0.3) is 0 Å². The Hall–Kier alpha value is -1.42. The maximum absolute atomic E-state index is 12.1. The molecule has 0 unspecified atom stereocenters. The monoisotopic (exact) mass is 247 g/mol. The van der Waals surface area contributed by atoms with Gasteiger partial charge in [-0.1, -0.05) is 6.92 Å². The van der Waals surface area contributed by atoms with Crippen LogP contribution in [0.4, 0.5) is 0 Å². The van der Waals surface area contributed by atoms with Crippen LogP contribution in [0.3, 0.4) is 0 Å². The highest BCUT2D eigenvalue weighted by atomic mass is 16.1. The van der Waals surface area contributed by atoms with Crippen LogP contribution in [-0.4, -0.2) is 30.5 Å². The zero-order chi connectivity index (χ0) is 13.0. The van der Waals surface area contributed by atoms with Crippen LogP contribution in [0.15, 0.2) is 18.3 Å². The Bertz CT molecular complexity index is 425. The number of carbonyl (C=O) groups excluding carboxylic acids is 1. The number of amides is 1. The Kier molecular flexibility index (Phi) is 3.97. The van der Waals surface area contributed by atoms with Crippen LogP contribution in [0, 0.1) is 12.3 Å². The molecule has 1 saturated heterocycles. The molecule has 0 radical (unpaired) electrons. The van der Waals surface area contributed by atoms with Gasteiger partial charge in [0.15, 0.2) is 0 Å². The molecule has 4 nitrogen and oxygen atoms in total. The normalized spacial score (nSPS) is 18.3. The van der Waals surface area contributed by atoms with Crippen molar-refractivity contribution < 1.29 is 4.79 Å². The summed E-state index contributed by atoms with van der Waals surface area (Å²) >= 11 is 0. The van der Waals surface area contributed by atoms with Crippen molar-refractivity contribution in [3.05, 3.63) is 29.6 Å². The average Bonchev–Trinajstić information content (AvgIpc) is 2.38. The van der Waals surface area contributed by atoms with E-state index in [1.165, 1.54) is 0 Å². The van der Waals surface area contributed by atoms with E-state index in [0.29, 0.717) is 5.56 Å². The van der Waals surface area contributed by atoms with Gasteiger partial charge in [-0.25, -0.2) is 0 Å². The molecule has 2 rings (SSSR count). The molecule has 4 heteroatoms. The van der Waals surface area contributed by atoms with E-state index in [0.717, 1.165) is 38.2 Å². The fourth-order valence-corrected chi connectivity index (χ4v) is 2.32. The first kappa shape index (κ1) is 13.0. The van der Waals surface area contributed by atoms with Gasteiger partial charge in [0.05, 0.1) is 5.56 Å². The molecular weight excluding hydrogens is 226 g/mol. The Balaban J connectivity index is 1.94. The van der Waals surface area contributed by atoms with Crippen molar-refractivity contribution in [1.29, 1.82) is 0 Å². The lowest BCUT2D eigenvalue weighted by Crippen LogP contribution is -2.43. The van der Waals surface area contributed by atoms with Crippen LogP contribution in [0.5, 0.6) is 0 Å². The molecular formula is C14H21N3O. The highest BCUT2D eigenvalue weighted by Gasteiger charge is 2.27. The summed E-state index contributed by atoms with van der Waals surface area (Å²) in [7, 11) is 0. The lowest BCUT2D eigenvalue weighted by atomic mass is 9.81. The number of aryl methyl sites for hydroxylation is 1. The molecule has 1 fully saturated rings. The number of rotatable bonds is 3. The summed E-state index contributed by atoms with van der Waals surface area (Å²) in [4.78, 5) is 16.2. The van der Waals surface area contributed by atoms with Gasteiger partial charge in [-0.15, -0.1) is 0 Å². The second kappa shape index (κ2) is 5.48. The standard InChI is InChI=1S/C14H21N3O/c1-11-12(4-3-7-16-11)13(18)17-10-14(2)5-8-15-9-6-14/h3-4,7,15H,5-6,8-10H2,1-2H3,(H,17,18). The molecule has 1 aromatic rings. The van der Waals surface area contributed by atoms with Gasteiger partial charge in [0.1, 0.15) is 0 Å². The third-order valence-electron chi connectivity index (χ3n) is 3.74. The lowest BCUT2D eigenvalue weighted by molar-refractivity contribution is 0.0921. The SMILES string of the molecule is Cc1ncccc1C(=O)NCC1(C)CCNCC1. The first-order chi connectivity index (χ1) is 8.61. The van der Waals surface area contributed by atoms with E-state index in [-0.39, 0.29) is 11.3 Å². The van der Waals surface area contributed by atoms with E-state index in [1.807, 2.05) is 13.0 Å². The molecule has 1 aromatic heterocycles. The minimum Gasteiger partial charge on any atom is -0.351 e. The number of aromatic nitrogens is 1. The summed E-state index contributed by atoms with van der Waals surface area (Å²) in [5.41, 5.74) is 1.68. The number of nitrogens with zero attached hydrogens (tertiary/aromatic N) is 1. The summed E-state index contributed by atoms with van der Waals surface area (Å²) in [5.74, 6) is -0.0136. The molecule has 1 aliphatic heterocycles. The molecule has 0 saturated carbocycles. The van der Waals surface area contributed by atoms with Gasteiger partial charge < -0.3 is 10.6 Å². The number of carbonyl (C=O) groups is 1. The van der Waals surface area contributed by atoms with E-state index in [1.54, 1.807) is 12.3 Å². The Labute approximate surface area is 108 Å². The van der Waals surface area contributed by atoms with Crippen molar-refractivity contribution >= 4 is 5.91 Å². The predicted octanol–water partition coefficient (Wildman–Crippen LogP) is 1.51. The first-order valence-electron chi connectivity index (χ1n) is 6.51. The smallest absolute Gasteiger partial charge is 0.253 e. The third-order valence-corrected chi connectivity index (χ3v) is 3.74. The number of piperidine rings is 1. The van der Waals surface area contributed by atoms with Gasteiger partial charge in [-0.3, -0.25) is 9.78 Å². The molecule has 18 heavy (non-hydrogen) atoms. The summed E-state index contributed by atoms with van der Waals surface area (Å²) in [6, 6.07) is 3.62. The van der Waals surface area contributed by atoms with E-state index in [9.17, 15) is 4.79 Å². The average molecular weight is 247 g/mol. The predicted molar refractivity (Wildman–Crippen MR) is 71.5 cm³/mol. The quantitative estimate of drug-likeness (QED) is 0.851. The number of nitrogens with one attached hydrogen (secondary N) is 2. The van der Waals surface area contributed by atoms with Crippen LogP contribution >= 0.6 is 0 Å². The summed E-state index contributed by atoms with van der Waals surface area (Å²) in [6.45, 7) is 6.92. The van der Waals surface area contributed by atoms with Crippen molar-refractivity contribution in [1.82, 2.24) is 15.6 Å². The Morgan fingerprint density at radius 1 is 1.50 bits per heavy atom. The largest absolute Gasteiger partial charge is 0.351 e. The molecule has 0 aliphatic carbocycles. The highest BCUT2D eigenvalue weighted by Crippen LogP contribution is 2.26. The van der Waals surface area contributed by atoms with E-state index >= 15 is 0 Å². The van der Waals surface area contributed by atoms with Gasteiger partial charge in [-0.05, 0) is 50.4 Å². The van der Waals surface area contributed by atoms with Gasteiger partial charge in [0.2, 0.25) is 0 Å². The Morgan fingerprint density at radius 3 is 2.89 bits per heavy atom. The molecule has 0 spiro atoms. The topological polar surface area (TPSA) is 54.0 Å². The number of pyridine rings is 1. The van der Waals surface area contributed by atoms with Gasteiger partial charge in [0, 0.05) is 18.4 Å². The number of hydrogen-bond donors (Lipinski definition) is 2. The van der Waals surface area contributed by atoms with Crippen molar-refractivity contribution in [2.45, 2.75) is 26.7 Å². The summed E-state index contributed by atoms with van der Waals surface area (Å²) < 4.78 is 0. The fraction of sp³-hybridized carbons (Fsp3) is 0.571.